The Balaban J connectivity index is 1.90. The van der Waals surface area contributed by atoms with Crippen molar-refractivity contribution in [2.24, 2.45) is 5.41 Å². The number of hydrogen-bond donors (Lipinski definition) is 2. The lowest BCUT2D eigenvalue weighted by Gasteiger charge is -2.50. The molecule has 0 amide bonds. The number of anilines is 1. The molecular formula is C15H22N4O. The third-order valence-electron chi connectivity index (χ3n) is 4.39. The summed E-state index contributed by atoms with van der Waals surface area (Å²) in [5, 5.41) is 4.65. The summed E-state index contributed by atoms with van der Waals surface area (Å²) in [6, 6.07) is 0.313. The zero-order valence-electron chi connectivity index (χ0n) is 12.5. The van der Waals surface area contributed by atoms with E-state index in [0.29, 0.717) is 6.04 Å². The summed E-state index contributed by atoms with van der Waals surface area (Å²) >= 11 is 0. The molecule has 108 valence electrons. The topological polar surface area (TPSA) is 62.8 Å². The third-order valence-corrected chi connectivity index (χ3v) is 4.39. The summed E-state index contributed by atoms with van der Waals surface area (Å²) in [4.78, 5) is 11.9. The summed E-state index contributed by atoms with van der Waals surface area (Å²) in [5.41, 5.74) is 2.37. The molecule has 2 atom stereocenters. The molecule has 0 aromatic carbocycles. The van der Waals surface area contributed by atoms with Gasteiger partial charge in [0.05, 0.1) is 17.5 Å². The average Bonchev–Trinajstić information content (AvgIpc) is 2.82. The van der Waals surface area contributed by atoms with E-state index in [0.717, 1.165) is 29.7 Å². The minimum Gasteiger partial charge on any atom is -0.379 e. The first-order valence-corrected chi connectivity index (χ1v) is 7.17. The Morgan fingerprint density at radius 2 is 2.25 bits per heavy atom. The highest BCUT2D eigenvalue weighted by Crippen LogP contribution is 2.44. The van der Waals surface area contributed by atoms with Crippen LogP contribution in [0, 0.1) is 5.41 Å². The fourth-order valence-electron chi connectivity index (χ4n) is 3.37. The number of aryl methyl sites for hydroxylation is 1. The van der Waals surface area contributed by atoms with E-state index in [1.807, 2.05) is 6.20 Å². The van der Waals surface area contributed by atoms with Crippen LogP contribution >= 0.6 is 0 Å². The normalized spacial score (nSPS) is 24.6. The minimum atomic E-state index is 0.219. The quantitative estimate of drug-likeness (QED) is 0.900. The fraction of sp³-hybridized carbons (Fsp3) is 0.600. The van der Waals surface area contributed by atoms with Crippen molar-refractivity contribution in [1.29, 1.82) is 0 Å². The lowest BCUT2D eigenvalue weighted by Crippen LogP contribution is -2.57. The van der Waals surface area contributed by atoms with Crippen molar-refractivity contribution in [3.63, 3.8) is 0 Å². The molecule has 1 aliphatic rings. The number of nitrogens with one attached hydrogen (secondary N) is 2. The van der Waals surface area contributed by atoms with E-state index in [-0.39, 0.29) is 11.5 Å². The number of nitrogens with zero attached hydrogens (tertiary/aromatic N) is 2. The molecule has 3 rings (SSSR count). The summed E-state index contributed by atoms with van der Waals surface area (Å²) in [6.45, 7) is 6.62. The zero-order chi connectivity index (χ0) is 14.3. The zero-order valence-corrected chi connectivity index (χ0v) is 12.5. The smallest absolute Gasteiger partial charge is 0.143 e. The van der Waals surface area contributed by atoms with Gasteiger partial charge >= 0.3 is 0 Å². The molecule has 5 heteroatoms. The molecular weight excluding hydrogens is 252 g/mol. The Bertz CT molecular complexity index is 619. The second kappa shape index (κ2) is 4.74. The molecule has 20 heavy (non-hydrogen) atoms. The molecule has 1 saturated carbocycles. The Kier molecular flexibility index (Phi) is 3.17. The lowest BCUT2D eigenvalue weighted by atomic mass is 9.65. The molecule has 2 unspecified atom stereocenters. The lowest BCUT2D eigenvalue weighted by molar-refractivity contribution is -0.0801. The van der Waals surface area contributed by atoms with Crippen molar-refractivity contribution in [1.82, 2.24) is 15.0 Å². The molecule has 5 nitrogen and oxygen atoms in total. The van der Waals surface area contributed by atoms with Crippen LogP contribution in [0.25, 0.3) is 11.0 Å². The number of fused-ring (bicyclic) bond motifs is 1. The van der Waals surface area contributed by atoms with Gasteiger partial charge in [-0.1, -0.05) is 20.8 Å². The van der Waals surface area contributed by atoms with Gasteiger partial charge in [0, 0.05) is 13.3 Å². The van der Waals surface area contributed by atoms with Crippen LogP contribution in [-0.4, -0.2) is 34.2 Å². The van der Waals surface area contributed by atoms with E-state index >= 15 is 0 Å². The van der Waals surface area contributed by atoms with Crippen molar-refractivity contribution in [3.05, 3.63) is 18.1 Å². The first kappa shape index (κ1) is 13.4. The molecule has 0 radical (unpaired) electrons. The van der Waals surface area contributed by atoms with Crippen molar-refractivity contribution < 1.29 is 4.74 Å². The summed E-state index contributed by atoms with van der Waals surface area (Å²) in [7, 11) is 1.78. The molecule has 2 heterocycles. The molecule has 1 aliphatic carbocycles. The van der Waals surface area contributed by atoms with Gasteiger partial charge in [-0.2, -0.15) is 0 Å². The maximum atomic E-state index is 5.62. The maximum absolute atomic E-state index is 5.62. The molecule has 0 aliphatic heterocycles. The first-order chi connectivity index (χ1) is 9.56. The van der Waals surface area contributed by atoms with E-state index in [9.17, 15) is 0 Å². The van der Waals surface area contributed by atoms with Gasteiger partial charge in [0.1, 0.15) is 17.8 Å². The van der Waals surface area contributed by atoms with Gasteiger partial charge in [-0.05, 0) is 23.8 Å². The Morgan fingerprint density at radius 1 is 1.45 bits per heavy atom. The van der Waals surface area contributed by atoms with Crippen molar-refractivity contribution in [2.75, 3.05) is 12.4 Å². The van der Waals surface area contributed by atoms with Gasteiger partial charge in [-0.3, -0.25) is 0 Å². The van der Waals surface area contributed by atoms with E-state index < -0.39 is 0 Å². The van der Waals surface area contributed by atoms with Crippen LogP contribution in [0.15, 0.2) is 12.5 Å². The predicted molar refractivity (Wildman–Crippen MR) is 79.9 cm³/mol. The highest BCUT2D eigenvalue weighted by Gasteiger charge is 2.48. The van der Waals surface area contributed by atoms with E-state index in [4.69, 9.17) is 4.74 Å². The van der Waals surface area contributed by atoms with Crippen LogP contribution in [0.5, 0.6) is 0 Å². The summed E-state index contributed by atoms with van der Waals surface area (Å²) in [6.07, 6.45) is 5.89. The number of aromatic nitrogens is 3. The van der Waals surface area contributed by atoms with Crippen LogP contribution in [0.4, 0.5) is 5.82 Å². The van der Waals surface area contributed by atoms with Gasteiger partial charge in [-0.15, -0.1) is 0 Å². The van der Waals surface area contributed by atoms with Crippen LogP contribution in [0.1, 0.15) is 32.8 Å². The standard InChI is InChI=1S/C15H22N4O/c1-5-9-7-16-13-11(9)14(18-8-17-13)19-10-6-15(2,3)12(10)20-4/h7-8,10,12H,5-6H2,1-4H3,(H2,16,17,18,19). The van der Waals surface area contributed by atoms with Crippen molar-refractivity contribution in [3.8, 4) is 0 Å². The molecule has 0 spiro atoms. The number of ether oxygens (including phenoxy) is 1. The SMILES string of the molecule is CCc1c[nH]c2ncnc(NC3CC(C)(C)C3OC)c12. The maximum Gasteiger partial charge on any atom is 0.143 e. The Hall–Kier alpha value is -1.62. The van der Waals surface area contributed by atoms with Crippen LogP contribution in [0.3, 0.4) is 0 Å². The first-order valence-electron chi connectivity index (χ1n) is 7.17. The van der Waals surface area contributed by atoms with E-state index in [1.165, 1.54) is 5.56 Å². The predicted octanol–water partition coefficient (Wildman–Crippen LogP) is 2.75. The van der Waals surface area contributed by atoms with Crippen molar-refractivity contribution >= 4 is 16.9 Å². The van der Waals surface area contributed by atoms with E-state index in [1.54, 1.807) is 13.4 Å². The number of aromatic amines is 1. The third kappa shape index (κ3) is 1.97. The molecule has 2 aromatic heterocycles. The largest absolute Gasteiger partial charge is 0.379 e. The van der Waals surface area contributed by atoms with Crippen LogP contribution < -0.4 is 5.32 Å². The molecule has 0 saturated heterocycles. The fourth-order valence-corrected chi connectivity index (χ4v) is 3.37. The van der Waals surface area contributed by atoms with Crippen LogP contribution in [0.2, 0.25) is 0 Å². The second-order valence-corrected chi connectivity index (χ2v) is 6.21. The van der Waals surface area contributed by atoms with Gasteiger partial charge in [0.25, 0.3) is 0 Å². The van der Waals surface area contributed by atoms with Gasteiger partial charge in [0.2, 0.25) is 0 Å². The minimum absolute atomic E-state index is 0.219. The van der Waals surface area contributed by atoms with E-state index in [2.05, 4.69) is 41.0 Å². The summed E-state index contributed by atoms with van der Waals surface area (Å²) < 4.78 is 5.62. The average molecular weight is 274 g/mol. The summed E-state index contributed by atoms with van der Waals surface area (Å²) in [5.74, 6) is 0.913. The Morgan fingerprint density at radius 3 is 2.90 bits per heavy atom. The van der Waals surface area contributed by atoms with Gasteiger partial charge < -0.3 is 15.0 Å². The van der Waals surface area contributed by atoms with Crippen molar-refractivity contribution in [2.45, 2.75) is 45.8 Å². The number of rotatable bonds is 4. The number of H-pyrrole nitrogens is 1. The highest BCUT2D eigenvalue weighted by atomic mass is 16.5. The van der Waals surface area contributed by atoms with Gasteiger partial charge in [-0.25, -0.2) is 9.97 Å². The van der Waals surface area contributed by atoms with Crippen LogP contribution in [-0.2, 0) is 11.2 Å². The number of hydrogen-bond acceptors (Lipinski definition) is 4. The molecule has 2 aromatic rings. The molecule has 1 fully saturated rings. The molecule has 0 bridgehead atoms. The Labute approximate surface area is 119 Å². The highest BCUT2D eigenvalue weighted by molar-refractivity contribution is 5.90. The monoisotopic (exact) mass is 274 g/mol. The second-order valence-electron chi connectivity index (χ2n) is 6.21. The van der Waals surface area contributed by atoms with Gasteiger partial charge in [0.15, 0.2) is 0 Å². The molecule has 2 N–H and O–H groups in total. The number of methoxy groups -OCH3 is 1.